The second-order valence-corrected chi connectivity index (χ2v) is 1.50. The fraction of sp³-hybridized carbons (Fsp3) is 0.333. The van der Waals surface area contributed by atoms with Crippen molar-refractivity contribution in [3.63, 3.8) is 0 Å². The third kappa shape index (κ3) is 2.04. The molecule has 0 radical (unpaired) electrons. The van der Waals surface area contributed by atoms with Crippen molar-refractivity contribution in [2.24, 2.45) is 5.73 Å². The molecule has 1 heteroatoms. The summed E-state index contributed by atoms with van der Waals surface area (Å²) in [6.45, 7) is 7.41. The minimum absolute atomic E-state index is 0.655. The first-order valence-corrected chi connectivity index (χ1v) is 2.26. The van der Waals surface area contributed by atoms with E-state index in [1.54, 1.807) is 0 Å². The molecule has 0 aliphatic carbocycles. The summed E-state index contributed by atoms with van der Waals surface area (Å²) in [6, 6.07) is 0. The van der Waals surface area contributed by atoms with Crippen LogP contribution < -0.4 is 5.73 Å². The molecule has 1 nitrogen and oxygen atoms in total. The molecule has 0 amide bonds. The highest BCUT2D eigenvalue weighted by atomic mass is 14.6. The van der Waals surface area contributed by atoms with E-state index in [1.165, 1.54) is 0 Å². The Bertz CT molecular complexity index is 101. The van der Waals surface area contributed by atoms with Crippen LogP contribution in [0.5, 0.6) is 0 Å². The van der Waals surface area contributed by atoms with E-state index in [1.807, 2.05) is 19.9 Å². The van der Waals surface area contributed by atoms with Crippen LogP contribution in [0, 0.1) is 0 Å². The smallest absolute Gasteiger partial charge is 0.0267 e. The van der Waals surface area contributed by atoms with Crippen molar-refractivity contribution in [2.75, 3.05) is 0 Å². The van der Waals surface area contributed by atoms with E-state index in [0.717, 1.165) is 5.57 Å². The maximum Gasteiger partial charge on any atom is 0.0267 e. The van der Waals surface area contributed by atoms with Gasteiger partial charge in [0, 0.05) is 5.70 Å². The molecule has 0 aliphatic rings. The molecular formula is C6H11N. The molecule has 2 N–H and O–H groups in total. The molecule has 7 heavy (non-hydrogen) atoms. The van der Waals surface area contributed by atoms with Gasteiger partial charge in [0.1, 0.15) is 0 Å². The first-order valence-electron chi connectivity index (χ1n) is 2.26. The predicted molar refractivity (Wildman–Crippen MR) is 32.8 cm³/mol. The lowest BCUT2D eigenvalue weighted by molar-refractivity contribution is 1.29. The Labute approximate surface area is 44.5 Å². The highest BCUT2D eigenvalue weighted by Crippen LogP contribution is 1.96. The third-order valence-electron chi connectivity index (χ3n) is 0.940. The Balaban J connectivity index is 3.82. The van der Waals surface area contributed by atoms with Gasteiger partial charge in [-0.1, -0.05) is 12.7 Å². The number of rotatable bonds is 1. The molecular weight excluding hydrogens is 86.1 g/mol. The predicted octanol–water partition coefficient (Wildman–Crippen LogP) is 1.43. The number of nitrogens with two attached hydrogens (primary N) is 1. The van der Waals surface area contributed by atoms with Gasteiger partial charge in [-0.25, -0.2) is 0 Å². The fourth-order valence-corrected chi connectivity index (χ4v) is 0.185. The van der Waals surface area contributed by atoms with E-state index in [0.29, 0.717) is 5.70 Å². The van der Waals surface area contributed by atoms with E-state index >= 15 is 0 Å². The van der Waals surface area contributed by atoms with Crippen LogP contribution in [-0.2, 0) is 0 Å². The largest absolute Gasteiger partial charge is 0.399 e. The number of hydrogen-bond donors (Lipinski definition) is 1. The van der Waals surface area contributed by atoms with Crippen molar-refractivity contribution < 1.29 is 0 Å². The minimum Gasteiger partial charge on any atom is -0.399 e. The highest BCUT2D eigenvalue weighted by Gasteiger charge is 1.81. The van der Waals surface area contributed by atoms with Gasteiger partial charge in [0.25, 0.3) is 0 Å². The topological polar surface area (TPSA) is 26.0 Å². The lowest BCUT2D eigenvalue weighted by Crippen LogP contribution is -1.94. The van der Waals surface area contributed by atoms with Crippen molar-refractivity contribution >= 4 is 0 Å². The monoisotopic (exact) mass is 97.1 g/mol. The van der Waals surface area contributed by atoms with Crippen molar-refractivity contribution in [3.8, 4) is 0 Å². The van der Waals surface area contributed by atoms with E-state index in [4.69, 9.17) is 5.73 Å². The lowest BCUT2D eigenvalue weighted by Gasteiger charge is -1.92. The fourth-order valence-electron chi connectivity index (χ4n) is 0.185. The van der Waals surface area contributed by atoms with E-state index in [2.05, 4.69) is 6.58 Å². The van der Waals surface area contributed by atoms with Crippen LogP contribution >= 0.6 is 0 Å². The van der Waals surface area contributed by atoms with Gasteiger partial charge in [0.15, 0.2) is 0 Å². The van der Waals surface area contributed by atoms with Gasteiger partial charge < -0.3 is 5.73 Å². The van der Waals surface area contributed by atoms with Gasteiger partial charge in [-0.2, -0.15) is 0 Å². The molecule has 0 aromatic carbocycles. The average molecular weight is 97.2 g/mol. The number of allylic oxidation sites excluding steroid dienone is 2. The van der Waals surface area contributed by atoms with Gasteiger partial charge in [-0.05, 0) is 19.4 Å². The SMILES string of the molecule is C=C(N)/C(C)=C/C. The van der Waals surface area contributed by atoms with Gasteiger partial charge in [-0.3, -0.25) is 0 Å². The van der Waals surface area contributed by atoms with Gasteiger partial charge in [0.05, 0.1) is 0 Å². The highest BCUT2D eigenvalue weighted by molar-refractivity contribution is 5.21. The summed E-state index contributed by atoms with van der Waals surface area (Å²) in [7, 11) is 0. The van der Waals surface area contributed by atoms with Gasteiger partial charge in [-0.15, -0.1) is 0 Å². The maximum absolute atomic E-state index is 5.28. The molecule has 0 aliphatic heterocycles. The number of hydrogen-bond acceptors (Lipinski definition) is 1. The molecule has 0 spiro atoms. The summed E-state index contributed by atoms with van der Waals surface area (Å²) in [5.41, 5.74) is 6.99. The van der Waals surface area contributed by atoms with E-state index < -0.39 is 0 Å². The van der Waals surface area contributed by atoms with Crippen LogP contribution in [0.4, 0.5) is 0 Å². The van der Waals surface area contributed by atoms with Crippen LogP contribution in [-0.4, -0.2) is 0 Å². The lowest BCUT2D eigenvalue weighted by atomic mass is 10.2. The van der Waals surface area contributed by atoms with Crippen molar-refractivity contribution in [1.82, 2.24) is 0 Å². The summed E-state index contributed by atoms with van der Waals surface area (Å²) in [6.07, 6.45) is 1.93. The Hall–Kier alpha value is -0.720. The van der Waals surface area contributed by atoms with Crippen molar-refractivity contribution in [2.45, 2.75) is 13.8 Å². The summed E-state index contributed by atoms with van der Waals surface area (Å²) in [5.74, 6) is 0. The average Bonchev–Trinajstić information content (AvgIpc) is 1.65. The van der Waals surface area contributed by atoms with Gasteiger partial charge >= 0.3 is 0 Å². The molecule has 0 unspecified atom stereocenters. The molecule has 0 saturated heterocycles. The Morgan fingerprint density at radius 2 is 2.14 bits per heavy atom. The van der Waals surface area contributed by atoms with Crippen molar-refractivity contribution in [1.29, 1.82) is 0 Å². The second kappa shape index (κ2) is 2.45. The third-order valence-corrected chi connectivity index (χ3v) is 0.940. The van der Waals surface area contributed by atoms with Crippen LogP contribution in [0.15, 0.2) is 23.9 Å². The minimum atomic E-state index is 0.655. The second-order valence-electron chi connectivity index (χ2n) is 1.50. The summed E-state index contributed by atoms with van der Waals surface area (Å²) < 4.78 is 0. The van der Waals surface area contributed by atoms with Crippen LogP contribution in [0.3, 0.4) is 0 Å². The molecule has 0 atom stereocenters. The van der Waals surface area contributed by atoms with Crippen molar-refractivity contribution in [3.05, 3.63) is 23.9 Å². The zero-order chi connectivity index (χ0) is 5.86. The summed E-state index contributed by atoms with van der Waals surface area (Å²) in [5, 5.41) is 0. The molecule has 40 valence electrons. The Morgan fingerprint density at radius 1 is 1.71 bits per heavy atom. The first-order chi connectivity index (χ1) is 3.18. The summed E-state index contributed by atoms with van der Waals surface area (Å²) in [4.78, 5) is 0. The maximum atomic E-state index is 5.28. The zero-order valence-electron chi connectivity index (χ0n) is 4.86. The van der Waals surface area contributed by atoms with Crippen LogP contribution in [0.25, 0.3) is 0 Å². The van der Waals surface area contributed by atoms with Gasteiger partial charge in [0.2, 0.25) is 0 Å². The normalized spacial score (nSPS) is 11.4. The molecule has 0 rings (SSSR count). The zero-order valence-corrected chi connectivity index (χ0v) is 4.86. The molecule has 0 saturated carbocycles. The van der Waals surface area contributed by atoms with Crippen LogP contribution in [0.2, 0.25) is 0 Å². The quantitative estimate of drug-likeness (QED) is 0.492. The standard InChI is InChI=1S/C6H11N/c1-4-5(2)6(3)7/h4H,3,7H2,1-2H3/b5-4+. The molecule has 0 aromatic heterocycles. The molecule has 0 aromatic rings. The molecule has 0 bridgehead atoms. The van der Waals surface area contributed by atoms with E-state index in [9.17, 15) is 0 Å². The molecule has 0 fully saturated rings. The van der Waals surface area contributed by atoms with E-state index in [-0.39, 0.29) is 0 Å². The Kier molecular flexibility index (Phi) is 2.20. The molecule has 0 heterocycles. The Morgan fingerprint density at radius 3 is 2.14 bits per heavy atom. The first kappa shape index (κ1) is 6.28. The summed E-state index contributed by atoms with van der Waals surface area (Å²) >= 11 is 0. The van der Waals surface area contributed by atoms with Crippen LogP contribution in [0.1, 0.15) is 13.8 Å².